The van der Waals surface area contributed by atoms with Crippen LogP contribution in [0.1, 0.15) is 73.3 Å². The molecule has 0 aliphatic heterocycles. The number of aromatic nitrogens is 1. The van der Waals surface area contributed by atoms with Gasteiger partial charge in [0.15, 0.2) is 9.84 Å². The molecule has 8 heteroatoms. The molecule has 1 aliphatic rings. The van der Waals surface area contributed by atoms with Gasteiger partial charge in [-0.15, -0.1) is 0 Å². The minimum absolute atomic E-state index is 0.190. The molecule has 1 aliphatic carbocycles. The van der Waals surface area contributed by atoms with E-state index in [1.165, 1.54) is 6.26 Å². The van der Waals surface area contributed by atoms with Crippen molar-refractivity contribution < 1.29 is 13.2 Å². The van der Waals surface area contributed by atoms with Crippen molar-refractivity contribution in [1.82, 2.24) is 10.3 Å². The maximum atomic E-state index is 13.4. The number of nitrogens with two attached hydrogens (primary N) is 1. The zero-order chi connectivity index (χ0) is 25.6. The van der Waals surface area contributed by atoms with E-state index in [0.717, 1.165) is 37.8 Å². The van der Waals surface area contributed by atoms with Crippen molar-refractivity contribution in [2.75, 3.05) is 18.1 Å². The van der Waals surface area contributed by atoms with Crippen molar-refractivity contribution in [2.45, 2.75) is 70.2 Å². The summed E-state index contributed by atoms with van der Waals surface area (Å²) in [6.45, 7) is 6.68. The Morgan fingerprint density at radius 2 is 1.91 bits per heavy atom. The van der Waals surface area contributed by atoms with Gasteiger partial charge >= 0.3 is 0 Å². The largest absolute Gasteiger partial charge is 0.370 e. The van der Waals surface area contributed by atoms with Crippen molar-refractivity contribution in [1.29, 1.82) is 0 Å². The number of amides is 1. The van der Waals surface area contributed by atoms with Crippen molar-refractivity contribution >= 4 is 21.6 Å². The number of carbonyl (C=O) groups is 1. The summed E-state index contributed by atoms with van der Waals surface area (Å²) >= 11 is 0. The molecule has 0 bridgehead atoms. The average Bonchev–Trinajstić information content (AvgIpc) is 3.54. The molecule has 5 atom stereocenters. The maximum absolute atomic E-state index is 13.4. The number of rotatable bonds is 13. The number of carbonyl (C=O) groups excluding carboxylic acids is 1. The molecule has 0 radical (unpaired) electrons. The van der Waals surface area contributed by atoms with E-state index in [4.69, 9.17) is 5.73 Å². The number of nitrogens with zero attached hydrogens (tertiary/aromatic N) is 1. The monoisotopic (exact) mass is 500 g/mol. The van der Waals surface area contributed by atoms with Gasteiger partial charge in [-0.3, -0.25) is 4.79 Å². The van der Waals surface area contributed by atoms with E-state index < -0.39 is 15.1 Å². The molecule has 192 valence electrons. The lowest BCUT2D eigenvalue weighted by Crippen LogP contribution is -2.49. The number of benzene rings is 1. The first-order chi connectivity index (χ1) is 16.6. The van der Waals surface area contributed by atoms with Gasteiger partial charge in [0.05, 0.1) is 5.69 Å². The topological polar surface area (TPSA) is 114 Å². The first-order valence-electron chi connectivity index (χ1n) is 12.6. The molecule has 4 N–H and O–H groups in total. The van der Waals surface area contributed by atoms with Crippen LogP contribution in [-0.4, -0.2) is 44.2 Å². The molecule has 7 nitrogen and oxygen atoms in total. The highest BCUT2D eigenvalue weighted by Gasteiger charge is 2.32. The van der Waals surface area contributed by atoms with Crippen molar-refractivity contribution in [3.05, 3.63) is 59.3 Å². The fourth-order valence-electron chi connectivity index (χ4n) is 4.19. The number of hydrogen-bond acceptors (Lipinski definition) is 6. The van der Waals surface area contributed by atoms with Gasteiger partial charge in [0.1, 0.15) is 11.1 Å². The lowest BCUT2D eigenvalue weighted by atomic mass is 9.95. The highest BCUT2D eigenvalue weighted by atomic mass is 32.2. The maximum Gasteiger partial charge on any atom is 0.251 e. The zero-order valence-corrected chi connectivity index (χ0v) is 22.1. The molecule has 35 heavy (non-hydrogen) atoms. The lowest BCUT2D eigenvalue weighted by Gasteiger charge is -2.26. The Kier molecular flexibility index (Phi) is 9.30. The number of hydrogen-bond donors (Lipinski definition) is 3. The third-order valence-corrected chi connectivity index (χ3v) is 8.54. The molecule has 3 rings (SSSR count). The molecule has 1 saturated carbocycles. The molecule has 1 heterocycles. The molecule has 0 saturated heterocycles. The van der Waals surface area contributed by atoms with Crippen LogP contribution in [0.5, 0.6) is 0 Å². The number of nitrogens with one attached hydrogen (secondary N) is 2. The Labute approximate surface area is 210 Å². The zero-order valence-electron chi connectivity index (χ0n) is 21.3. The second kappa shape index (κ2) is 12.0. The standard InChI is InChI=1S/C27H40N4O3S/c1-5-6-12-23(28)25(14-20-10-8-7-9-11-20)31-27(32)21-15-24(19(3)35(4,33)34)30-26(16-21)29-17-22-13-18(22)2/h7-11,15-16,18-19,22-23,25H,5-6,12-14,17,28H2,1-4H3,(H,29,30)(H,31,32)/t18?,19?,22?,23-,25-/m0/s1. The van der Waals surface area contributed by atoms with E-state index in [1.54, 1.807) is 19.1 Å². The first-order valence-corrected chi connectivity index (χ1v) is 14.6. The van der Waals surface area contributed by atoms with Gasteiger partial charge in [-0.2, -0.15) is 0 Å². The Bertz CT molecular complexity index is 1090. The normalized spacial score (nSPS) is 20.0. The predicted molar refractivity (Wildman–Crippen MR) is 142 cm³/mol. The van der Waals surface area contributed by atoms with Crippen LogP contribution in [-0.2, 0) is 16.3 Å². The predicted octanol–water partition coefficient (Wildman–Crippen LogP) is 4.11. The van der Waals surface area contributed by atoms with Crippen LogP contribution in [0.3, 0.4) is 0 Å². The minimum atomic E-state index is -3.37. The molecule has 1 aromatic carbocycles. The van der Waals surface area contributed by atoms with Crippen molar-refractivity contribution in [2.24, 2.45) is 17.6 Å². The van der Waals surface area contributed by atoms with Crippen molar-refractivity contribution in [3.63, 3.8) is 0 Å². The summed E-state index contributed by atoms with van der Waals surface area (Å²) in [4.78, 5) is 18.0. The molecule has 0 spiro atoms. The second-order valence-corrected chi connectivity index (χ2v) is 12.4. The summed E-state index contributed by atoms with van der Waals surface area (Å²) in [5.41, 5.74) is 8.38. The molecule has 2 aromatic rings. The van der Waals surface area contributed by atoms with Gasteiger partial charge in [0.2, 0.25) is 0 Å². The first kappa shape index (κ1) is 27.1. The third kappa shape index (κ3) is 8.04. The fourth-order valence-corrected chi connectivity index (χ4v) is 4.75. The highest BCUT2D eigenvalue weighted by molar-refractivity contribution is 7.90. The average molecular weight is 501 g/mol. The van der Waals surface area contributed by atoms with Crippen LogP contribution in [0.15, 0.2) is 42.5 Å². The third-order valence-electron chi connectivity index (χ3n) is 7.01. The quantitative estimate of drug-likeness (QED) is 0.381. The van der Waals surface area contributed by atoms with Gasteiger partial charge in [0, 0.05) is 30.4 Å². The lowest BCUT2D eigenvalue weighted by molar-refractivity contribution is 0.0929. The molecule has 1 aromatic heterocycles. The van der Waals surface area contributed by atoms with Crippen LogP contribution in [0.2, 0.25) is 0 Å². The SMILES string of the molecule is CCCC[C@H](N)[C@H](Cc1ccccc1)NC(=O)c1cc(NCC2CC2C)nc(C(C)S(C)(=O)=O)c1. The van der Waals surface area contributed by atoms with Crippen LogP contribution in [0.25, 0.3) is 0 Å². The fraction of sp³-hybridized carbons (Fsp3) is 0.556. The Morgan fingerprint density at radius 1 is 1.23 bits per heavy atom. The molecular formula is C27H40N4O3S. The number of pyridine rings is 1. The Balaban J connectivity index is 1.85. The summed E-state index contributed by atoms with van der Waals surface area (Å²) in [5, 5.41) is 5.63. The Morgan fingerprint density at radius 3 is 2.51 bits per heavy atom. The van der Waals surface area contributed by atoms with E-state index in [-0.39, 0.29) is 18.0 Å². The van der Waals surface area contributed by atoms with E-state index in [2.05, 4.69) is 29.5 Å². The summed E-state index contributed by atoms with van der Waals surface area (Å²) in [5.74, 6) is 1.51. The number of sulfone groups is 1. The Hall–Kier alpha value is -2.45. The van der Waals surface area contributed by atoms with Crippen LogP contribution >= 0.6 is 0 Å². The van der Waals surface area contributed by atoms with Crippen LogP contribution in [0.4, 0.5) is 5.82 Å². The number of anilines is 1. The van der Waals surface area contributed by atoms with E-state index >= 15 is 0 Å². The smallest absolute Gasteiger partial charge is 0.251 e. The summed E-state index contributed by atoms with van der Waals surface area (Å²) in [7, 11) is -3.37. The highest BCUT2D eigenvalue weighted by Crippen LogP contribution is 2.37. The molecule has 3 unspecified atom stereocenters. The van der Waals surface area contributed by atoms with Gasteiger partial charge < -0.3 is 16.4 Å². The summed E-state index contributed by atoms with van der Waals surface area (Å²) in [6, 6.07) is 12.8. The minimum Gasteiger partial charge on any atom is -0.370 e. The van der Waals surface area contributed by atoms with E-state index in [1.807, 2.05) is 30.3 Å². The van der Waals surface area contributed by atoms with Crippen LogP contribution in [0, 0.1) is 11.8 Å². The second-order valence-electron chi connectivity index (χ2n) is 10.1. The van der Waals surface area contributed by atoms with Crippen molar-refractivity contribution in [3.8, 4) is 0 Å². The molecule has 1 amide bonds. The van der Waals surface area contributed by atoms with Gasteiger partial charge in [0.25, 0.3) is 5.91 Å². The van der Waals surface area contributed by atoms with E-state index in [0.29, 0.717) is 35.3 Å². The summed E-state index contributed by atoms with van der Waals surface area (Å²) in [6.07, 6.45) is 5.81. The van der Waals surface area contributed by atoms with Gasteiger partial charge in [-0.1, -0.05) is 57.0 Å². The number of unbranched alkanes of at least 4 members (excludes halogenated alkanes) is 1. The molecule has 1 fully saturated rings. The summed E-state index contributed by atoms with van der Waals surface area (Å²) < 4.78 is 24.5. The van der Waals surface area contributed by atoms with Gasteiger partial charge in [-0.25, -0.2) is 13.4 Å². The van der Waals surface area contributed by atoms with E-state index in [9.17, 15) is 13.2 Å². The van der Waals surface area contributed by atoms with Crippen LogP contribution < -0.4 is 16.4 Å². The van der Waals surface area contributed by atoms with Gasteiger partial charge in [-0.05, 0) is 55.7 Å². The molecular weight excluding hydrogens is 460 g/mol.